The molecule has 1 aromatic rings. The third-order valence-electron chi connectivity index (χ3n) is 3.81. The number of rotatable bonds is 4. The zero-order valence-electron chi connectivity index (χ0n) is 12.1. The fraction of sp³-hybridized carbons (Fsp3) is 0.467. The third-order valence-corrected chi connectivity index (χ3v) is 4.34. The molecule has 0 radical (unpaired) electrons. The predicted molar refractivity (Wildman–Crippen MR) is 83.5 cm³/mol. The maximum atomic E-state index is 12.2. The molecule has 0 aliphatic carbocycles. The predicted octanol–water partition coefficient (Wildman–Crippen LogP) is 3.09. The molecule has 1 atom stereocenters. The highest BCUT2D eigenvalue weighted by molar-refractivity contribution is 6.35. The van der Waals surface area contributed by atoms with Gasteiger partial charge in [-0.3, -0.25) is 9.59 Å². The first kappa shape index (κ1) is 16.9. The molecule has 0 bridgehead atoms. The molecule has 1 unspecified atom stereocenters. The van der Waals surface area contributed by atoms with Crippen LogP contribution in [0.15, 0.2) is 18.2 Å². The Bertz CT molecular complexity index is 593. The van der Waals surface area contributed by atoms with Gasteiger partial charge in [0.2, 0.25) is 0 Å². The van der Waals surface area contributed by atoms with Crippen LogP contribution >= 0.6 is 23.2 Å². The van der Waals surface area contributed by atoms with E-state index in [1.807, 2.05) is 0 Å². The number of hydrogen-bond acceptors (Lipinski definition) is 3. The van der Waals surface area contributed by atoms with Gasteiger partial charge in [-0.25, -0.2) is 0 Å². The van der Waals surface area contributed by atoms with Crippen LogP contribution in [0.1, 0.15) is 19.8 Å². The lowest BCUT2D eigenvalue weighted by Gasteiger charge is -2.37. The van der Waals surface area contributed by atoms with Crippen LogP contribution in [-0.2, 0) is 9.59 Å². The van der Waals surface area contributed by atoms with Crippen molar-refractivity contribution in [2.75, 3.05) is 19.7 Å². The van der Waals surface area contributed by atoms with Gasteiger partial charge in [0.1, 0.15) is 5.75 Å². The molecule has 120 valence electrons. The van der Waals surface area contributed by atoms with Gasteiger partial charge in [0, 0.05) is 18.1 Å². The van der Waals surface area contributed by atoms with Crippen LogP contribution < -0.4 is 4.74 Å². The summed E-state index contributed by atoms with van der Waals surface area (Å²) in [5.74, 6) is -0.762. The Kier molecular flexibility index (Phi) is 5.19. The second-order valence-electron chi connectivity index (χ2n) is 5.65. The van der Waals surface area contributed by atoms with Crippen molar-refractivity contribution < 1.29 is 19.4 Å². The maximum Gasteiger partial charge on any atom is 0.311 e. The highest BCUT2D eigenvalue weighted by Gasteiger charge is 2.39. The fourth-order valence-corrected chi connectivity index (χ4v) is 2.91. The zero-order valence-corrected chi connectivity index (χ0v) is 13.7. The first-order chi connectivity index (χ1) is 10.3. The number of piperidine rings is 1. The first-order valence-electron chi connectivity index (χ1n) is 6.91. The van der Waals surface area contributed by atoms with Gasteiger partial charge >= 0.3 is 5.97 Å². The summed E-state index contributed by atoms with van der Waals surface area (Å²) in [7, 11) is 0. The molecule has 1 fully saturated rings. The number of amides is 1. The molecule has 0 saturated carbocycles. The van der Waals surface area contributed by atoms with Crippen molar-refractivity contribution in [3.8, 4) is 5.75 Å². The lowest BCUT2D eigenvalue weighted by molar-refractivity contribution is -0.153. The van der Waals surface area contributed by atoms with E-state index in [1.165, 1.54) is 11.0 Å². The van der Waals surface area contributed by atoms with Crippen molar-refractivity contribution in [3.63, 3.8) is 0 Å². The molecule has 1 aliphatic rings. The monoisotopic (exact) mass is 345 g/mol. The van der Waals surface area contributed by atoms with Gasteiger partial charge in [-0.15, -0.1) is 0 Å². The van der Waals surface area contributed by atoms with E-state index in [0.717, 1.165) is 0 Å². The summed E-state index contributed by atoms with van der Waals surface area (Å²) in [6.45, 7) is 2.21. The first-order valence-corrected chi connectivity index (χ1v) is 7.66. The molecule has 0 spiro atoms. The van der Waals surface area contributed by atoms with Gasteiger partial charge in [0.25, 0.3) is 5.91 Å². The van der Waals surface area contributed by atoms with Gasteiger partial charge < -0.3 is 14.7 Å². The van der Waals surface area contributed by atoms with Gasteiger partial charge in [0.15, 0.2) is 6.61 Å². The van der Waals surface area contributed by atoms with Crippen LogP contribution in [0.4, 0.5) is 0 Å². The van der Waals surface area contributed by atoms with E-state index in [9.17, 15) is 14.7 Å². The number of carboxylic acids is 1. The topological polar surface area (TPSA) is 66.8 Å². The van der Waals surface area contributed by atoms with Crippen LogP contribution in [0.3, 0.4) is 0 Å². The Morgan fingerprint density at radius 2 is 2.14 bits per heavy atom. The molecule has 7 heteroatoms. The minimum absolute atomic E-state index is 0.183. The van der Waals surface area contributed by atoms with Gasteiger partial charge in [-0.1, -0.05) is 23.2 Å². The van der Waals surface area contributed by atoms with Crippen molar-refractivity contribution in [3.05, 3.63) is 28.2 Å². The third kappa shape index (κ3) is 3.84. The summed E-state index contributed by atoms with van der Waals surface area (Å²) in [5.41, 5.74) is -0.897. The van der Waals surface area contributed by atoms with Crippen LogP contribution in [0.5, 0.6) is 5.75 Å². The van der Waals surface area contributed by atoms with Crippen molar-refractivity contribution in [1.29, 1.82) is 0 Å². The number of aliphatic carboxylic acids is 1. The van der Waals surface area contributed by atoms with Crippen LogP contribution in [0.25, 0.3) is 0 Å². The molecule has 1 aromatic carbocycles. The Labute approximate surface area is 138 Å². The molecule has 2 rings (SSSR count). The van der Waals surface area contributed by atoms with E-state index >= 15 is 0 Å². The Balaban J connectivity index is 1.96. The molecule has 1 N–H and O–H groups in total. The number of ether oxygens (including phenoxy) is 1. The van der Waals surface area contributed by atoms with Crippen LogP contribution in [-0.4, -0.2) is 41.6 Å². The highest BCUT2D eigenvalue weighted by atomic mass is 35.5. The summed E-state index contributed by atoms with van der Waals surface area (Å²) in [6.07, 6.45) is 1.23. The number of carboxylic acid groups (broad SMARTS) is 1. The van der Waals surface area contributed by atoms with Crippen LogP contribution in [0, 0.1) is 5.41 Å². The lowest BCUT2D eigenvalue weighted by atomic mass is 9.82. The minimum atomic E-state index is -0.897. The largest absolute Gasteiger partial charge is 0.482 e. The summed E-state index contributed by atoms with van der Waals surface area (Å²) in [4.78, 5) is 25.0. The van der Waals surface area contributed by atoms with E-state index in [-0.39, 0.29) is 19.1 Å². The Hall–Kier alpha value is -1.46. The van der Waals surface area contributed by atoms with E-state index in [4.69, 9.17) is 27.9 Å². The number of carbonyl (C=O) groups is 2. The Morgan fingerprint density at radius 1 is 1.41 bits per heavy atom. The van der Waals surface area contributed by atoms with Gasteiger partial charge in [-0.2, -0.15) is 0 Å². The quantitative estimate of drug-likeness (QED) is 0.910. The molecule has 0 aromatic heterocycles. The smallest absolute Gasteiger partial charge is 0.311 e. The zero-order chi connectivity index (χ0) is 16.3. The lowest BCUT2D eigenvalue weighted by Crippen LogP contribution is -2.49. The molecular weight excluding hydrogens is 329 g/mol. The molecule has 1 amide bonds. The standard InChI is InChI=1S/C15H17Cl2NO4/c1-15(14(20)21)5-2-6-18(9-15)13(19)8-22-12-4-3-10(16)7-11(12)17/h3-4,7H,2,5-6,8-9H2,1H3,(H,20,21). The normalized spacial score (nSPS) is 21.5. The number of nitrogens with zero attached hydrogens (tertiary/aromatic N) is 1. The van der Waals surface area contributed by atoms with E-state index in [0.29, 0.717) is 35.2 Å². The molecule has 1 heterocycles. The molecular formula is C15H17Cl2NO4. The molecule has 1 aliphatic heterocycles. The average Bonchev–Trinajstić information content (AvgIpc) is 2.46. The highest BCUT2D eigenvalue weighted by Crippen LogP contribution is 2.30. The summed E-state index contributed by atoms with van der Waals surface area (Å²) < 4.78 is 5.41. The second kappa shape index (κ2) is 6.75. The summed E-state index contributed by atoms with van der Waals surface area (Å²) in [6, 6.07) is 4.75. The minimum Gasteiger partial charge on any atom is -0.482 e. The number of benzene rings is 1. The maximum absolute atomic E-state index is 12.2. The number of likely N-dealkylation sites (tertiary alicyclic amines) is 1. The van der Waals surface area contributed by atoms with Crippen LogP contribution in [0.2, 0.25) is 10.0 Å². The number of halogens is 2. The van der Waals surface area contributed by atoms with Crippen molar-refractivity contribution >= 4 is 35.1 Å². The van der Waals surface area contributed by atoms with E-state index in [1.54, 1.807) is 19.1 Å². The SMILES string of the molecule is CC1(C(=O)O)CCCN(C(=O)COc2ccc(Cl)cc2Cl)C1. The van der Waals surface area contributed by atoms with Gasteiger partial charge in [-0.05, 0) is 38.0 Å². The van der Waals surface area contributed by atoms with Crippen molar-refractivity contribution in [2.45, 2.75) is 19.8 Å². The summed E-state index contributed by atoms with van der Waals surface area (Å²) >= 11 is 11.8. The number of hydrogen-bond donors (Lipinski definition) is 1. The molecule has 1 saturated heterocycles. The van der Waals surface area contributed by atoms with Crippen molar-refractivity contribution in [1.82, 2.24) is 4.90 Å². The second-order valence-corrected chi connectivity index (χ2v) is 6.49. The molecule has 22 heavy (non-hydrogen) atoms. The Morgan fingerprint density at radius 3 is 2.77 bits per heavy atom. The van der Waals surface area contributed by atoms with Crippen molar-refractivity contribution in [2.24, 2.45) is 5.41 Å². The van der Waals surface area contributed by atoms with E-state index in [2.05, 4.69) is 0 Å². The van der Waals surface area contributed by atoms with Gasteiger partial charge in [0.05, 0.1) is 10.4 Å². The average molecular weight is 346 g/mol. The number of carbonyl (C=O) groups excluding carboxylic acids is 1. The van der Waals surface area contributed by atoms with E-state index < -0.39 is 11.4 Å². The molecule has 5 nitrogen and oxygen atoms in total. The fourth-order valence-electron chi connectivity index (χ4n) is 2.45. The summed E-state index contributed by atoms with van der Waals surface area (Å²) in [5, 5.41) is 10.1.